The predicted octanol–water partition coefficient (Wildman–Crippen LogP) is 1.99. The summed E-state index contributed by atoms with van der Waals surface area (Å²) in [4.78, 5) is 27.6. The van der Waals surface area contributed by atoms with Crippen LogP contribution in [0.1, 0.15) is 17.3 Å². The van der Waals surface area contributed by atoms with Crippen molar-refractivity contribution in [3.8, 4) is 22.6 Å². The Labute approximate surface area is 173 Å². The molecule has 0 spiro atoms. The van der Waals surface area contributed by atoms with Crippen LogP contribution in [-0.2, 0) is 11.8 Å². The van der Waals surface area contributed by atoms with Crippen LogP contribution in [0.25, 0.3) is 28.3 Å². The molecule has 0 fully saturated rings. The topological polar surface area (TPSA) is 111 Å². The van der Waals surface area contributed by atoms with Crippen molar-refractivity contribution in [1.82, 2.24) is 29.3 Å². The van der Waals surface area contributed by atoms with Gasteiger partial charge >= 0.3 is 0 Å². The summed E-state index contributed by atoms with van der Waals surface area (Å²) >= 11 is 0. The Kier molecular flexibility index (Phi) is 6.21. The van der Waals surface area contributed by atoms with Crippen LogP contribution in [-0.4, -0.2) is 55.2 Å². The summed E-state index contributed by atoms with van der Waals surface area (Å²) in [5.41, 5.74) is 8.07. The van der Waals surface area contributed by atoms with Crippen LogP contribution < -0.4 is 5.73 Å². The summed E-state index contributed by atoms with van der Waals surface area (Å²) in [5, 5.41) is 8.82. The average Bonchev–Trinajstić information content (AvgIpc) is 3.36. The molecule has 0 unspecified atom stereocenters. The molecule has 1 aromatic carbocycles. The van der Waals surface area contributed by atoms with Gasteiger partial charge in [0.25, 0.3) is 5.91 Å². The first kappa shape index (κ1) is 20.7. The van der Waals surface area contributed by atoms with Gasteiger partial charge in [-0.15, -0.1) is 5.10 Å². The Morgan fingerprint density at radius 1 is 1.20 bits per heavy atom. The molecule has 9 nitrogen and oxygen atoms in total. The number of aromatic nitrogens is 5. The van der Waals surface area contributed by atoms with E-state index in [1.807, 2.05) is 62.6 Å². The summed E-state index contributed by atoms with van der Waals surface area (Å²) in [7, 11) is 3.62. The molecule has 30 heavy (non-hydrogen) atoms. The molecular formula is C21H23N7O2. The van der Waals surface area contributed by atoms with Crippen molar-refractivity contribution in [3.05, 3.63) is 60.4 Å². The molecule has 154 valence electrons. The Bertz CT molecular complexity index is 1160. The lowest BCUT2D eigenvalue weighted by Gasteiger charge is -2.14. The zero-order valence-corrected chi connectivity index (χ0v) is 17.1. The molecule has 0 aliphatic carbocycles. The maximum atomic E-state index is 12.7. The van der Waals surface area contributed by atoms with Crippen molar-refractivity contribution in [1.29, 1.82) is 0 Å². The quantitative estimate of drug-likeness (QED) is 0.522. The fraction of sp³-hybridized carbons (Fsp3) is 0.190. The van der Waals surface area contributed by atoms with Crippen molar-refractivity contribution in [2.75, 3.05) is 13.6 Å². The SMILES string of the molecule is CCN(C)C(=O)c1cnn(C)c1-c1ccn2nc(-c3ccccc3)nc2c1.NC=O. The number of hydrogen-bond acceptors (Lipinski definition) is 5. The summed E-state index contributed by atoms with van der Waals surface area (Å²) in [6.07, 6.45) is 3.72. The van der Waals surface area contributed by atoms with Crippen LogP contribution in [0.15, 0.2) is 54.9 Å². The monoisotopic (exact) mass is 405 g/mol. The molecule has 2 N–H and O–H groups in total. The fourth-order valence-corrected chi connectivity index (χ4v) is 3.02. The third-order valence-corrected chi connectivity index (χ3v) is 4.63. The molecule has 0 aliphatic rings. The van der Waals surface area contributed by atoms with Crippen molar-refractivity contribution in [2.45, 2.75) is 6.92 Å². The molecule has 4 rings (SSSR count). The van der Waals surface area contributed by atoms with E-state index in [0.717, 1.165) is 22.5 Å². The summed E-state index contributed by atoms with van der Waals surface area (Å²) < 4.78 is 3.46. The van der Waals surface area contributed by atoms with Crippen molar-refractivity contribution in [2.24, 2.45) is 12.8 Å². The van der Waals surface area contributed by atoms with Crippen LogP contribution >= 0.6 is 0 Å². The first-order valence-electron chi connectivity index (χ1n) is 9.35. The number of nitrogens with zero attached hydrogens (tertiary/aromatic N) is 6. The van der Waals surface area contributed by atoms with E-state index in [1.54, 1.807) is 27.3 Å². The van der Waals surface area contributed by atoms with Crippen molar-refractivity contribution >= 4 is 18.0 Å². The third-order valence-electron chi connectivity index (χ3n) is 4.63. The van der Waals surface area contributed by atoms with Crippen LogP contribution in [0.3, 0.4) is 0 Å². The molecular weight excluding hydrogens is 382 g/mol. The van der Waals surface area contributed by atoms with Gasteiger partial charge in [-0.25, -0.2) is 9.50 Å². The van der Waals surface area contributed by atoms with E-state index in [9.17, 15) is 4.79 Å². The normalized spacial score (nSPS) is 10.4. The maximum Gasteiger partial charge on any atom is 0.257 e. The number of carbonyl (C=O) groups excluding carboxylic acids is 2. The minimum absolute atomic E-state index is 0.0492. The van der Waals surface area contributed by atoms with Gasteiger partial charge in [-0.05, 0) is 19.1 Å². The fourth-order valence-electron chi connectivity index (χ4n) is 3.02. The minimum Gasteiger partial charge on any atom is -0.372 e. The van der Waals surface area contributed by atoms with E-state index in [4.69, 9.17) is 4.79 Å². The van der Waals surface area contributed by atoms with Gasteiger partial charge in [0.05, 0.1) is 17.5 Å². The van der Waals surface area contributed by atoms with E-state index in [0.29, 0.717) is 17.9 Å². The number of benzene rings is 1. The number of fused-ring (bicyclic) bond motifs is 1. The second-order valence-corrected chi connectivity index (χ2v) is 6.51. The van der Waals surface area contributed by atoms with Gasteiger partial charge in [-0.3, -0.25) is 14.3 Å². The van der Waals surface area contributed by atoms with E-state index < -0.39 is 0 Å². The molecule has 3 heterocycles. The molecule has 9 heteroatoms. The zero-order valence-electron chi connectivity index (χ0n) is 17.1. The zero-order chi connectivity index (χ0) is 21.7. The number of rotatable bonds is 4. The molecule has 2 amide bonds. The van der Waals surface area contributed by atoms with Gasteiger partial charge < -0.3 is 10.6 Å². The highest BCUT2D eigenvalue weighted by molar-refractivity contribution is 6.00. The molecule has 0 atom stereocenters. The first-order valence-corrected chi connectivity index (χ1v) is 9.35. The van der Waals surface area contributed by atoms with Crippen molar-refractivity contribution in [3.63, 3.8) is 0 Å². The number of pyridine rings is 1. The van der Waals surface area contributed by atoms with Crippen LogP contribution in [0.2, 0.25) is 0 Å². The molecule has 0 bridgehead atoms. The maximum absolute atomic E-state index is 12.7. The summed E-state index contributed by atoms with van der Waals surface area (Å²) in [6.45, 7) is 2.58. The van der Waals surface area contributed by atoms with Gasteiger partial charge in [0, 0.05) is 38.0 Å². The van der Waals surface area contributed by atoms with E-state index in [1.165, 1.54) is 0 Å². The van der Waals surface area contributed by atoms with E-state index in [2.05, 4.69) is 20.9 Å². The summed E-state index contributed by atoms with van der Waals surface area (Å²) in [5.74, 6) is 0.617. The number of aryl methyl sites for hydroxylation is 1. The second-order valence-electron chi connectivity index (χ2n) is 6.51. The Morgan fingerprint density at radius 3 is 2.57 bits per heavy atom. The highest BCUT2D eigenvalue weighted by Crippen LogP contribution is 2.26. The average molecular weight is 405 g/mol. The Balaban J connectivity index is 0.000000806. The molecule has 3 aromatic heterocycles. The molecule has 0 saturated heterocycles. The number of nitrogens with two attached hydrogens (primary N) is 1. The Hall–Kier alpha value is -4.01. The third kappa shape index (κ3) is 4.04. The molecule has 0 saturated carbocycles. The highest BCUT2D eigenvalue weighted by atomic mass is 16.2. The molecule has 0 radical (unpaired) electrons. The van der Waals surface area contributed by atoms with E-state index >= 15 is 0 Å². The minimum atomic E-state index is -0.0492. The lowest BCUT2D eigenvalue weighted by atomic mass is 10.1. The largest absolute Gasteiger partial charge is 0.372 e. The van der Waals surface area contributed by atoms with Gasteiger partial charge in [-0.2, -0.15) is 5.10 Å². The standard InChI is InChI=1S/C20H20N6O.CH3NO/c1-4-24(2)20(27)16-13-21-25(3)18(16)15-10-11-26-17(12-15)22-19(23-26)14-8-6-5-7-9-14;2-1-3/h5-13H,4H2,1-3H3;1H,(H2,2,3). The van der Waals surface area contributed by atoms with Crippen LogP contribution in [0.4, 0.5) is 0 Å². The summed E-state index contributed by atoms with van der Waals surface area (Å²) in [6, 6.07) is 13.7. The van der Waals surface area contributed by atoms with Gasteiger partial charge in [0.2, 0.25) is 6.41 Å². The predicted molar refractivity (Wildman–Crippen MR) is 114 cm³/mol. The number of amides is 2. The lowest BCUT2D eigenvalue weighted by Crippen LogP contribution is -2.26. The number of hydrogen-bond donors (Lipinski definition) is 1. The molecule has 0 aliphatic heterocycles. The van der Waals surface area contributed by atoms with Gasteiger partial charge in [0.15, 0.2) is 11.5 Å². The molecule has 4 aromatic rings. The lowest BCUT2D eigenvalue weighted by molar-refractivity contribution is -0.106. The smallest absolute Gasteiger partial charge is 0.257 e. The highest BCUT2D eigenvalue weighted by Gasteiger charge is 2.20. The number of primary amides is 1. The second kappa shape index (κ2) is 8.99. The van der Waals surface area contributed by atoms with Crippen molar-refractivity contribution < 1.29 is 9.59 Å². The number of carbonyl (C=O) groups is 2. The first-order chi connectivity index (χ1) is 14.5. The van der Waals surface area contributed by atoms with Crippen LogP contribution in [0, 0.1) is 0 Å². The van der Waals surface area contributed by atoms with Gasteiger partial charge in [-0.1, -0.05) is 30.3 Å². The Morgan fingerprint density at radius 2 is 1.90 bits per heavy atom. The van der Waals surface area contributed by atoms with E-state index in [-0.39, 0.29) is 12.3 Å². The van der Waals surface area contributed by atoms with Crippen LogP contribution in [0.5, 0.6) is 0 Å². The van der Waals surface area contributed by atoms with Gasteiger partial charge in [0.1, 0.15) is 0 Å².